The van der Waals surface area contributed by atoms with Crippen LogP contribution in [0.2, 0.25) is 0 Å². The Morgan fingerprint density at radius 2 is 2.20 bits per heavy atom. The van der Waals surface area contributed by atoms with E-state index in [0.29, 0.717) is 11.8 Å². The molecular formula is C24H33N. The second-order valence-electron chi connectivity index (χ2n) is 7.52. The van der Waals surface area contributed by atoms with Crippen molar-refractivity contribution in [3.05, 3.63) is 72.0 Å². The maximum atomic E-state index is 4.91. The van der Waals surface area contributed by atoms with Crippen molar-refractivity contribution in [2.24, 2.45) is 22.2 Å². The molecule has 0 spiro atoms. The molecule has 0 amide bonds. The van der Waals surface area contributed by atoms with Gasteiger partial charge in [0, 0.05) is 17.3 Å². The zero-order valence-electron chi connectivity index (χ0n) is 16.3. The van der Waals surface area contributed by atoms with Gasteiger partial charge < -0.3 is 0 Å². The van der Waals surface area contributed by atoms with Crippen molar-refractivity contribution in [1.29, 1.82) is 0 Å². The van der Waals surface area contributed by atoms with Gasteiger partial charge in [0.1, 0.15) is 0 Å². The fraction of sp³-hybridized carbons (Fsp3) is 0.458. The van der Waals surface area contributed by atoms with Crippen molar-refractivity contribution in [3.63, 3.8) is 0 Å². The number of aliphatic imine (C=N–C) groups is 1. The number of nitrogens with zero attached hydrogens (tertiary/aromatic N) is 1. The van der Waals surface area contributed by atoms with E-state index in [2.05, 4.69) is 70.0 Å². The van der Waals surface area contributed by atoms with Crippen LogP contribution in [0.3, 0.4) is 0 Å². The predicted octanol–water partition coefficient (Wildman–Crippen LogP) is 6.98. The Bertz CT molecular complexity index is 654. The second kappa shape index (κ2) is 8.99. The normalized spacial score (nSPS) is 33.1. The minimum absolute atomic E-state index is 0.0101. The van der Waals surface area contributed by atoms with Crippen LogP contribution in [0.5, 0.6) is 0 Å². The molecule has 1 aliphatic carbocycles. The average Bonchev–Trinajstić information content (AvgIpc) is 2.70. The molecular weight excluding hydrogens is 302 g/mol. The van der Waals surface area contributed by atoms with Gasteiger partial charge in [-0.05, 0) is 56.9 Å². The van der Waals surface area contributed by atoms with Gasteiger partial charge in [0.2, 0.25) is 0 Å². The fourth-order valence-electron chi connectivity index (χ4n) is 3.65. The van der Waals surface area contributed by atoms with Crippen molar-refractivity contribution in [2.45, 2.75) is 53.4 Å². The van der Waals surface area contributed by atoms with Crippen LogP contribution in [0.25, 0.3) is 0 Å². The molecule has 1 nitrogen and oxygen atoms in total. The van der Waals surface area contributed by atoms with E-state index in [4.69, 9.17) is 4.99 Å². The molecule has 0 fully saturated rings. The van der Waals surface area contributed by atoms with E-state index in [1.807, 2.05) is 19.1 Å². The maximum Gasteiger partial charge on any atom is 0.0466 e. The molecule has 1 heterocycles. The van der Waals surface area contributed by atoms with Gasteiger partial charge in [-0.15, -0.1) is 0 Å². The van der Waals surface area contributed by atoms with E-state index in [1.165, 1.54) is 17.7 Å². The van der Waals surface area contributed by atoms with E-state index in [0.717, 1.165) is 24.8 Å². The third kappa shape index (κ3) is 5.04. The molecule has 0 aromatic heterocycles. The number of hydrogen-bond donors (Lipinski definition) is 0. The highest BCUT2D eigenvalue weighted by Gasteiger charge is 2.35. The fourth-order valence-corrected chi connectivity index (χ4v) is 3.65. The molecule has 0 N–H and O–H groups in total. The number of hydrogen-bond acceptors (Lipinski definition) is 1. The van der Waals surface area contributed by atoms with E-state index in [-0.39, 0.29) is 5.41 Å². The summed E-state index contributed by atoms with van der Waals surface area (Å²) < 4.78 is 0. The number of fused-ring (bicyclic) bond motifs is 1. The first-order chi connectivity index (χ1) is 12.0. The topological polar surface area (TPSA) is 12.4 Å². The van der Waals surface area contributed by atoms with Gasteiger partial charge in [-0.2, -0.15) is 0 Å². The van der Waals surface area contributed by atoms with Crippen molar-refractivity contribution >= 4 is 6.21 Å². The van der Waals surface area contributed by atoms with E-state index >= 15 is 0 Å². The summed E-state index contributed by atoms with van der Waals surface area (Å²) in [5, 5.41) is 0. The smallest absolute Gasteiger partial charge is 0.0466 e. The van der Waals surface area contributed by atoms with Gasteiger partial charge >= 0.3 is 0 Å². The SMILES string of the molecule is C=C(/C=C\C=C/C)CC1=CC(CC)[C@@]2(C)/C=C\[C@@H](C)CC/C=C\2N=C1. The summed E-state index contributed by atoms with van der Waals surface area (Å²) in [6.07, 6.45) is 24.1. The number of allylic oxidation sites excluding steroid dienone is 10. The largest absolute Gasteiger partial charge is 0.260 e. The van der Waals surface area contributed by atoms with Crippen LogP contribution in [0.4, 0.5) is 0 Å². The van der Waals surface area contributed by atoms with Crippen LogP contribution in [0.1, 0.15) is 53.4 Å². The summed E-state index contributed by atoms with van der Waals surface area (Å²) in [5.41, 5.74) is 3.61. The molecule has 0 saturated heterocycles. The Kier molecular flexibility index (Phi) is 6.99. The van der Waals surface area contributed by atoms with Crippen LogP contribution in [-0.2, 0) is 0 Å². The summed E-state index contributed by atoms with van der Waals surface area (Å²) in [7, 11) is 0. The molecule has 2 aliphatic rings. The summed E-state index contributed by atoms with van der Waals surface area (Å²) in [6, 6.07) is 0. The summed E-state index contributed by atoms with van der Waals surface area (Å²) >= 11 is 0. The van der Waals surface area contributed by atoms with E-state index < -0.39 is 0 Å². The van der Waals surface area contributed by atoms with Crippen molar-refractivity contribution in [1.82, 2.24) is 0 Å². The summed E-state index contributed by atoms with van der Waals surface area (Å²) in [4.78, 5) is 4.91. The molecule has 2 rings (SSSR count). The molecule has 0 bridgehead atoms. The molecule has 25 heavy (non-hydrogen) atoms. The zero-order valence-corrected chi connectivity index (χ0v) is 16.3. The van der Waals surface area contributed by atoms with Gasteiger partial charge in [-0.1, -0.05) is 74.6 Å². The van der Waals surface area contributed by atoms with Crippen LogP contribution in [0.15, 0.2) is 77.0 Å². The first kappa shape index (κ1) is 19.4. The van der Waals surface area contributed by atoms with E-state index in [9.17, 15) is 0 Å². The first-order valence-corrected chi connectivity index (χ1v) is 9.61. The molecule has 134 valence electrons. The minimum atomic E-state index is -0.0101. The van der Waals surface area contributed by atoms with Gasteiger partial charge in [0.05, 0.1) is 0 Å². The van der Waals surface area contributed by atoms with Gasteiger partial charge in [-0.25, -0.2) is 0 Å². The lowest BCUT2D eigenvalue weighted by Crippen LogP contribution is -2.26. The van der Waals surface area contributed by atoms with Crippen LogP contribution in [-0.4, -0.2) is 6.21 Å². The van der Waals surface area contributed by atoms with Gasteiger partial charge in [0.25, 0.3) is 0 Å². The van der Waals surface area contributed by atoms with Crippen LogP contribution < -0.4 is 0 Å². The standard InChI is InChI=1S/C24H33N/c1-6-8-9-11-20(4)16-21-17-22(7-2)24(5)15-14-19(3)12-10-13-23(24)25-18-21/h6,8-9,11,13-15,17-19,22H,4,7,10,12,16H2,1-3,5H3/b8-6-,11-9-,15-14-,23-13+/t19-,22?,24+/m0/s1. The van der Waals surface area contributed by atoms with Crippen LogP contribution in [0, 0.1) is 17.3 Å². The second-order valence-corrected chi connectivity index (χ2v) is 7.52. The highest BCUT2D eigenvalue weighted by molar-refractivity contribution is 5.81. The van der Waals surface area contributed by atoms with E-state index in [1.54, 1.807) is 0 Å². The highest BCUT2D eigenvalue weighted by Crippen LogP contribution is 2.44. The molecule has 1 heteroatoms. The Labute approximate surface area is 154 Å². The quantitative estimate of drug-likeness (QED) is 0.379. The molecule has 0 radical (unpaired) electrons. The Hall–Kier alpha value is -1.89. The third-order valence-corrected chi connectivity index (χ3v) is 5.34. The molecule has 3 atom stereocenters. The van der Waals surface area contributed by atoms with Crippen molar-refractivity contribution < 1.29 is 0 Å². The molecule has 0 saturated carbocycles. The van der Waals surface area contributed by atoms with Gasteiger partial charge in [0.15, 0.2) is 0 Å². The monoisotopic (exact) mass is 335 g/mol. The first-order valence-electron chi connectivity index (χ1n) is 9.61. The lowest BCUT2D eigenvalue weighted by molar-refractivity contribution is 0.351. The lowest BCUT2D eigenvalue weighted by Gasteiger charge is -2.34. The molecule has 1 aliphatic heterocycles. The lowest BCUT2D eigenvalue weighted by atomic mass is 9.71. The molecule has 0 aromatic rings. The van der Waals surface area contributed by atoms with Crippen LogP contribution >= 0.6 is 0 Å². The van der Waals surface area contributed by atoms with Crippen molar-refractivity contribution in [2.75, 3.05) is 0 Å². The highest BCUT2D eigenvalue weighted by atomic mass is 14.8. The maximum absolute atomic E-state index is 4.91. The summed E-state index contributed by atoms with van der Waals surface area (Å²) in [6.45, 7) is 13.2. The Balaban J connectivity index is 2.31. The Morgan fingerprint density at radius 1 is 1.40 bits per heavy atom. The predicted molar refractivity (Wildman–Crippen MR) is 112 cm³/mol. The average molecular weight is 336 g/mol. The molecule has 0 aromatic carbocycles. The number of rotatable bonds is 5. The third-order valence-electron chi connectivity index (χ3n) is 5.34. The Morgan fingerprint density at radius 3 is 2.92 bits per heavy atom. The summed E-state index contributed by atoms with van der Waals surface area (Å²) in [5.74, 6) is 1.10. The van der Waals surface area contributed by atoms with Gasteiger partial charge in [-0.3, -0.25) is 4.99 Å². The zero-order chi connectivity index (χ0) is 18.3. The molecule has 1 unspecified atom stereocenters. The van der Waals surface area contributed by atoms with Crippen molar-refractivity contribution in [3.8, 4) is 0 Å². The minimum Gasteiger partial charge on any atom is -0.260 e.